The molecular formula is C26H20S2. The molecule has 0 amide bonds. The van der Waals surface area contributed by atoms with E-state index in [9.17, 15) is 0 Å². The van der Waals surface area contributed by atoms with Gasteiger partial charge >= 0.3 is 0 Å². The normalized spacial score (nSPS) is 12.2. The lowest BCUT2D eigenvalue weighted by Crippen LogP contribution is -1.79. The second-order valence-electron chi connectivity index (χ2n) is 7.62. The summed E-state index contributed by atoms with van der Waals surface area (Å²) in [7, 11) is 0. The lowest BCUT2D eigenvalue weighted by atomic mass is 10.0. The number of hydrogen-bond acceptors (Lipinski definition) is 2. The van der Waals surface area contributed by atoms with E-state index in [-0.39, 0.29) is 0 Å². The molecule has 0 atom stereocenters. The highest BCUT2D eigenvalue weighted by Crippen LogP contribution is 2.41. The van der Waals surface area contributed by atoms with Crippen molar-refractivity contribution in [3.8, 4) is 0 Å². The monoisotopic (exact) mass is 396 g/mol. The molecule has 0 N–H and O–H groups in total. The highest BCUT2D eigenvalue weighted by atomic mass is 32.1. The lowest BCUT2D eigenvalue weighted by Gasteiger charge is -2.02. The Morgan fingerprint density at radius 3 is 1.36 bits per heavy atom. The Balaban J connectivity index is 1.69. The van der Waals surface area contributed by atoms with Gasteiger partial charge < -0.3 is 0 Å². The van der Waals surface area contributed by atoms with Crippen molar-refractivity contribution in [2.75, 3.05) is 0 Å². The third-order valence-electron chi connectivity index (χ3n) is 5.96. The molecular weight excluding hydrogens is 376 g/mol. The van der Waals surface area contributed by atoms with E-state index in [4.69, 9.17) is 0 Å². The fourth-order valence-corrected chi connectivity index (χ4v) is 6.56. The van der Waals surface area contributed by atoms with Crippen LogP contribution in [0.2, 0.25) is 0 Å². The van der Waals surface area contributed by atoms with Gasteiger partial charge in [0.05, 0.1) is 0 Å². The molecule has 0 saturated carbocycles. The Morgan fingerprint density at radius 1 is 0.500 bits per heavy atom. The second-order valence-corrected chi connectivity index (χ2v) is 9.78. The Bertz CT molecular complexity index is 1410. The molecule has 0 aliphatic heterocycles. The SMILES string of the molecule is CCc1ccc2sc3cc4cc5c(cc4cc3c2c1)sc1ccc(CC)cc15. The summed E-state index contributed by atoms with van der Waals surface area (Å²) in [6.07, 6.45) is 2.17. The Hall–Kier alpha value is -2.42. The van der Waals surface area contributed by atoms with Crippen LogP contribution in [-0.4, -0.2) is 0 Å². The van der Waals surface area contributed by atoms with Gasteiger partial charge in [0.2, 0.25) is 0 Å². The molecule has 2 aromatic heterocycles. The van der Waals surface area contributed by atoms with Crippen LogP contribution in [0.1, 0.15) is 25.0 Å². The van der Waals surface area contributed by atoms with Crippen molar-refractivity contribution in [1.29, 1.82) is 0 Å². The van der Waals surface area contributed by atoms with E-state index in [0.29, 0.717) is 0 Å². The first kappa shape index (κ1) is 16.5. The Morgan fingerprint density at radius 2 is 0.929 bits per heavy atom. The van der Waals surface area contributed by atoms with Crippen molar-refractivity contribution in [2.24, 2.45) is 0 Å². The lowest BCUT2D eigenvalue weighted by molar-refractivity contribution is 1.15. The quantitative estimate of drug-likeness (QED) is 0.274. The van der Waals surface area contributed by atoms with Crippen LogP contribution in [0.25, 0.3) is 51.1 Å². The molecule has 0 nitrogen and oxygen atoms in total. The van der Waals surface area contributed by atoms with Crippen LogP contribution in [0.3, 0.4) is 0 Å². The van der Waals surface area contributed by atoms with Gasteiger partial charge in [0.15, 0.2) is 0 Å². The third kappa shape index (κ3) is 2.35. The predicted octanol–water partition coefficient (Wildman–Crippen LogP) is 8.70. The van der Waals surface area contributed by atoms with Gasteiger partial charge in [0, 0.05) is 40.3 Å². The summed E-state index contributed by atoms with van der Waals surface area (Å²) in [5, 5.41) is 8.32. The zero-order valence-corrected chi connectivity index (χ0v) is 17.6. The Kier molecular flexibility index (Phi) is 3.56. The predicted molar refractivity (Wildman–Crippen MR) is 128 cm³/mol. The number of fused-ring (bicyclic) bond motifs is 7. The number of rotatable bonds is 2. The van der Waals surface area contributed by atoms with Crippen LogP contribution in [0.15, 0.2) is 60.7 Å². The minimum atomic E-state index is 1.09. The molecule has 2 heteroatoms. The van der Waals surface area contributed by atoms with E-state index in [2.05, 4.69) is 74.5 Å². The molecule has 6 rings (SSSR count). The van der Waals surface area contributed by atoms with E-state index in [1.54, 1.807) is 0 Å². The molecule has 4 aromatic carbocycles. The van der Waals surface area contributed by atoms with Gasteiger partial charge in [-0.05, 0) is 83.3 Å². The molecule has 0 bridgehead atoms. The first-order valence-corrected chi connectivity index (χ1v) is 11.6. The third-order valence-corrected chi connectivity index (χ3v) is 8.23. The summed E-state index contributed by atoms with van der Waals surface area (Å²) in [4.78, 5) is 0. The van der Waals surface area contributed by atoms with Crippen molar-refractivity contribution in [1.82, 2.24) is 0 Å². The summed E-state index contributed by atoms with van der Waals surface area (Å²) in [5.74, 6) is 0. The largest absolute Gasteiger partial charge is 0.135 e. The van der Waals surface area contributed by atoms with Crippen LogP contribution >= 0.6 is 22.7 Å². The molecule has 0 aliphatic rings. The average molecular weight is 397 g/mol. The van der Waals surface area contributed by atoms with Crippen LogP contribution in [0.4, 0.5) is 0 Å². The van der Waals surface area contributed by atoms with Gasteiger partial charge in [0.1, 0.15) is 0 Å². The van der Waals surface area contributed by atoms with Crippen molar-refractivity contribution in [3.05, 3.63) is 71.8 Å². The fraction of sp³-hybridized carbons (Fsp3) is 0.154. The van der Waals surface area contributed by atoms with E-state index in [1.165, 1.54) is 62.2 Å². The maximum atomic E-state index is 2.41. The van der Waals surface area contributed by atoms with E-state index in [0.717, 1.165) is 12.8 Å². The number of thiophene rings is 2. The standard InChI is InChI=1S/C26H20S2/c1-3-15-5-7-23-19(9-15)21-11-17-14-26-22(12-18(17)13-25(21)27-23)20-10-16(4-2)6-8-24(20)28-26/h5-14H,3-4H2,1-2H3. The highest BCUT2D eigenvalue weighted by Gasteiger charge is 2.11. The molecule has 28 heavy (non-hydrogen) atoms. The first-order valence-electron chi connectivity index (χ1n) is 9.97. The molecule has 0 spiro atoms. The Labute approximate surface area is 172 Å². The van der Waals surface area contributed by atoms with Gasteiger partial charge in [-0.15, -0.1) is 22.7 Å². The van der Waals surface area contributed by atoms with Crippen LogP contribution in [-0.2, 0) is 12.8 Å². The average Bonchev–Trinajstić information content (AvgIpc) is 3.26. The number of benzene rings is 4. The fourth-order valence-electron chi connectivity index (χ4n) is 4.33. The van der Waals surface area contributed by atoms with Crippen molar-refractivity contribution < 1.29 is 0 Å². The summed E-state index contributed by atoms with van der Waals surface area (Å²) < 4.78 is 5.57. The highest BCUT2D eigenvalue weighted by molar-refractivity contribution is 7.26. The van der Waals surface area contributed by atoms with E-state index >= 15 is 0 Å². The van der Waals surface area contributed by atoms with Crippen molar-refractivity contribution in [3.63, 3.8) is 0 Å². The number of hydrogen-bond donors (Lipinski definition) is 0. The molecule has 6 aromatic rings. The van der Waals surface area contributed by atoms with E-state index in [1.807, 2.05) is 22.7 Å². The molecule has 0 aliphatic carbocycles. The van der Waals surface area contributed by atoms with Crippen LogP contribution < -0.4 is 0 Å². The summed E-state index contributed by atoms with van der Waals surface area (Å²) in [6.45, 7) is 4.46. The topological polar surface area (TPSA) is 0 Å². The maximum absolute atomic E-state index is 2.41. The van der Waals surface area contributed by atoms with Crippen molar-refractivity contribution >= 4 is 73.8 Å². The van der Waals surface area contributed by atoms with Crippen molar-refractivity contribution in [2.45, 2.75) is 26.7 Å². The summed E-state index contributed by atoms with van der Waals surface area (Å²) >= 11 is 3.83. The first-order chi connectivity index (χ1) is 13.7. The number of aryl methyl sites for hydroxylation is 2. The smallest absolute Gasteiger partial charge is 0.0361 e. The second kappa shape index (κ2) is 6.04. The van der Waals surface area contributed by atoms with E-state index < -0.39 is 0 Å². The van der Waals surface area contributed by atoms with Gasteiger partial charge in [-0.2, -0.15) is 0 Å². The molecule has 2 heterocycles. The molecule has 0 unspecified atom stereocenters. The zero-order chi connectivity index (χ0) is 18.8. The molecule has 136 valence electrons. The van der Waals surface area contributed by atoms with Gasteiger partial charge in [-0.1, -0.05) is 26.0 Å². The van der Waals surface area contributed by atoms with Crippen LogP contribution in [0.5, 0.6) is 0 Å². The van der Waals surface area contributed by atoms with Gasteiger partial charge in [-0.3, -0.25) is 0 Å². The minimum Gasteiger partial charge on any atom is -0.135 e. The maximum Gasteiger partial charge on any atom is 0.0361 e. The molecule has 0 fully saturated rings. The van der Waals surface area contributed by atoms with Gasteiger partial charge in [-0.25, -0.2) is 0 Å². The molecule has 0 radical (unpaired) electrons. The molecule has 0 saturated heterocycles. The zero-order valence-electron chi connectivity index (χ0n) is 16.0. The summed E-state index contributed by atoms with van der Waals surface area (Å²) in [6, 6.07) is 23.5. The minimum absolute atomic E-state index is 1.09. The van der Waals surface area contributed by atoms with Crippen LogP contribution in [0, 0.1) is 0 Å². The summed E-state index contributed by atoms with van der Waals surface area (Å²) in [5.41, 5.74) is 2.83. The van der Waals surface area contributed by atoms with Gasteiger partial charge in [0.25, 0.3) is 0 Å².